The number of anilines is 1. The van der Waals surface area contributed by atoms with Crippen LogP contribution < -0.4 is 15.0 Å². The molecule has 150 valence electrons. The molecule has 1 amide bonds. The quantitative estimate of drug-likeness (QED) is 0.764. The van der Waals surface area contributed by atoms with Gasteiger partial charge in [-0.3, -0.25) is 4.79 Å². The van der Waals surface area contributed by atoms with E-state index in [1.807, 2.05) is 24.3 Å². The van der Waals surface area contributed by atoms with Crippen LogP contribution in [-0.2, 0) is 17.6 Å². The topological polar surface area (TPSA) is 44.8 Å². The molecule has 5 nitrogen and oxygen atoms in total. The molecule has 1 aliphatic rings. The van der Waals surface area contributed by atoms with E-state index in [0.717, 1.165) is 50.3 Å². The number of amides is 1. The third-order valence-corrected chi connectivity index (χ3v) is 5.34. The SMILES string of the molecule is COc1ccc(CCC(=O)NCCc2ccc(N3CCN(C)CC3)cc2)cc1. The van der Waals surface area contributed by atoms with Crippen molar-refractivity contribution in [2.45, 2.75) is 19.3 Å². The average Bonchev–Trinajstić information content (AvgIpc) is 2.74. The van der Waals surface area contributed by atoms with Crippen molar-refractivity contribution in [3.05, 3.63) is 59.7 Å². The first-order valence-electron chi connectivity index (χ1n) is 10.1. The lowest BCUT2D eigenvalue weighted by molar-refractivity contribution is -0.121. The number of benzene rings is 2. The van der Waals surface area contributed by atoms with Gasteiger partial charge in [0.2, 0.25) is 5.91 Å². The van der Waals surface area contributed by atoms with Crippen molar-refractivity contribution in [2.75, 3.05) is 51.8 Å². The van der Waals surface area contributed by atoms with Crippen LogP contribution in [0, 0.1) is 0 Å². The minimum atomic E-state index is 0.102. The van der Waals surface area contributed by atoms with Gasteiger partial charge in [-0.2, -0.15) is 0 Å². The van der Waals surface area contributed by atoms with Gasteiger partial charge in [-0.05, 0) is 55.3 Å². The summed E-state index contributed by atoms with van der Waals surface area (Å²) in [5.74, 6) is 0.941. The van der Waals surface area contributed by atoms with Crippen molar-refractivity contribution in [1.29, 1.82) is 0 Å². The molecule has 1 heterocycles. The number of ether oxygens (including phenoxy) is 1. The fourth-order valence-corrected chi connectivity index (χ4v) is 3.42. The molecule has 1 saturated heterocycles. The van der Waals surface area contributed by atoms with Crippen molar-refractivity contribution in [1.82, 2.24) is 10.2 Å². The van der Waals surface area contributed by atoms with Crippen LogP contribution in [0.5, 0.6) is 5.75 Å². The number of hydrogen-bond donors (Lipinski definition) is 1. The Morgan fingerprint density at radius 2 is 1.54 bits per heavy atom. The van der Waals surface area contributed by atoms with Crippen LogP contribution in [0.1, 0.15) is 17.5 Å². The summed E-state index contributed by atoms with van der Waals surface area (Å²) in [4.78, 5) is 16.9. The summed E-state index contributed by atoms with van der Waals surface area (Å²) in [6, 6.07) is 16.6. The highest BCUT2D eigenvalue weighted by molar-refractivity contribution is 5.76. The number of rotatable bonds is 8. The summed E-state index contributed by atoms with van der Waals surface area (Å²) in [5, 5.41) is 3.03. The van der Waals surface area contributed by atoms with E-state index >= 15 is 0 Å². The van der Waals surface area contributed by atoms with Crippen LogP contribution in [0.4, 0.5) is 5.69 Å². The summed E-state index contributed by atoms with van der Waals surface area (Å²) in [5.41, 5.74) is 3.70. The Kier molecular flexibility index (Phi) is 7.31. The van der Waals surface area contributed by atoms with Gasteiger partial charge in [0.25, 0.3) is 0 Å². The fraction of sp³-hybridized carbons (Fsp3) is 0.435. The van der Waals surface area contributed by atoms with Crippen LogP contribution >= 0.6 is 0 Å². The molecule has 2 aromatic rings. The molecule has 0 saturated carbocycles. The monoisotopic (exact) mass is 381 g/mol. The zero-order valence-corrected chi connectivity index (χ0v) is 17.0. The highest BCUT2D eigenvalue weighted by Crippen LogP contribution is 2.17. The van der Waals surface area contributed by atoms with E-state index in [1.165, 1.54) is 11.3 Å². The number of carbonyl (C=O) groups is 1. The lowest BCUT2D eigenvalue weighted by Crippen LogP contribution is -2.44. The van der Waals surface area contributed by atoms with Crippen LogP contribution in [0.15, 0.2) is 48.5 Å². The molecule has 0 atom stereocenters. The van der Waals surface area contributed by atoms with E-state index in [9.17, 15) is 4.79 Å². The first-order chi connectivity index (χ1) is 13.6. The van der Waals surface area contributed by atoms with E-state index in [1.54, 1.807) is 7.11 Å². The summed E-state index contributed by atoms with van der Waals surface area (Å²) in [7, 11) is 3.83. The number of likely N-dealkylation sites (N-methyl/N-ethyl adjacent to an activating group) is 1. The zero-order chi connectivity index (χ0) is 19.8. The Hall–Kier alpha value is -2.53. The number of methoxy groups -OCH3 is 1. The normalized spacial score (nSPS) is 14.7. The van der Waals surface area contributed by atoms with Gasteiger partial charge in [0.15, 0.2) is 0 Å². The van der Waals surface area contributed by atoms with Crippen LogP contribution in [0.3, 0.4) is 0 Å². The predicted octanol–water partition coefficient (Wildman–Crippen LogP) is 2.74. The number of hydrogen-bond acceptors (Lipinski definition) is 4. The third kappa shape index (κ3) is 5.99. The van der Waals surface area contributed by atoms with E-state index < -0.39 is 0 Å². The van der Waals surface area contributed by atoms with Crippen molar-refractivity contribution < 1.29 is 9.53 Å². The van der Waals surface area contributed by atoms with Gasteiger partial charge < -0.3 is 19.9 Å². The molecule has 0 aromatic heterocycles. The van der Waals surface area contributed by atoms with E-state index in [4.69, 9.17) is 4.74 Å². The standard InChI is InChI=1S/C23H31N3O2/c1-25-15-17-26(18-16-25)21-8-3-20(4-9-21)13-14-24-23(27)12-7-19-5-10-22(28-2)11-6-19/h3-6,8-11H,7,12-18H2,1-2H3,(H,24,27). The number of nitrogens with one attached hydrogen (secondary N) is 1. The largest absolute Gasteiger partial charge is 0.497 e. The van der Waals surface area contributed by atoms with Crippen molar-refractivity contribution in [3.8, 4) is 5.75 Å². The minimum absolute atomic E-state index is 0.102. The molecule has 5 heteroatoms. The first kappa shape index (κ1) is 20.2. The van der Waals surface area contributed by atoms with Gasteiger partial charge in [-0.15, -0.1) is 0 Å². The number of piperazine rings is 1. The molecule has 0 unspecified atom stereocenters. The minimum Gasteiger partial charge on any atom is -0.497 e. The van der Waals surface area contributed by atoms with E-state index in [2.05, 4.69) is 46.4 Å². The Morgan fingerprint density at radius 1 is 0.929 bits per heavy atom. The van der Waals surface area contributed by atoms with Crippen LogP contribution in [0.25, 0.3) is 0 Å². The van der Waals surface area contributed by atoms with Crippen LogP contribution in [0.2, 0.25) is 0 Å². The maximum absolute atomic E-state index is 12.1. The second-order valence-corrected chi connectivity index (χ2v) is 7.40. The number of carbonyl (C=O) groups excluding carboxylic acids is 1. The molecule has 1 fully saturated rings. The molecule has 2 aromatic carbocycles. The van der Waals surface area contributed by atoms with Crippen LogP contribution in [-0.4, -0.2) is 57.7 Å². The Bertz CT molecular complexity index is 735. The Morgan fingerprint density at radius 3 is 2.18 bits per heavy atom. The Balaban J connectivity index is 1.36. The predicted molar refractivity (Wildman–Crippen MR) is 114 cm³/mol. The molecule has 0 radical (unpaired) electrons. The van der Waals surface area contributed by atoms with Gasteiger partial charge in [0.05, 0.1) is 7.11 Å². The van der Waals surface area contributed by atoms with Gasteiger partial charge >= 0.3 is 0 Å². The Labute approximate surface area is 168 Å². The summed E-state index contributed by atoms with van der Waals surface area (Å²) >= 11 is 0. The fourth-order valence-electron chi connectivity index (χ4n) is 3.42. The van der Waals surface area contributed by atoms with Gasteiger partial charge in [0.1, 0.15) is 5.75 Å². The van der Waals surface area contributed by atoms with E-state index in [0.29, 0.717) is 13.0 Å². The maximum Gasteiger partial charge on any atom is 0.220 e. The lowest BCUT2D eigenvalue weighted by atomic mass is 10.1. The zero-order valence-electron chi connectivity index (χ0n) is 17.0. The molecule has 0 spiro atoms. The number of aryl methyl sites for hydroxylation is 1. The molecular weight excluding hydrogens is 350 g/mol. The second-order valence-electron chi connectivity index (χ2n) is 7.40. The second kappa shape index (κ2) is 10.1. The van der Waals surface area contributed by atoms with Crippen molar-refractivity contribution in [2.24, 2.45) is 0 Å². The highest BCUT2D eigenvalue weighted by Gasteiger charge is 2.13. The molecule has 1 N–H and O–H groups in total. The molecule has 0 aliphatic carbocycles. The number of nitrogens with zero attached hydrogens (tertiary/aromatic N) is 2. The van der Waals surface area contributed by atoms with Gasteiger partial charge in [-0.25, -0.2) is 0 Å². The third-order valence-electron chi connectivity index (χ3n) is 5.34. The molecular formula is C23H31N3O2. The smallest absolute Gasteiger partial charge is 0.220 e. The summed E-state index contributed by atoms with van der Waals surface area (Å²) < 4.78 is 5.15. The van der Waals surface area contributed by atoms with Crippen molar-refractivity contribution in [3.63, 3.8) is 0 Å². The maximum atomic E-state index is 12.1. The van der Waals surface area contributed by atoms with Crippen molar-refractivity contribution >= 4 is 11.6 Å². The molecule has 28 heavy (non-hydrogen) atoms. The van der Waals surface area contributed by atoms with Gasteiger partial charge in [0, 0.05) is 44.8 Å². The molecule has 3 rings (SSSR count). The molecule has 0 bridgehead atoms. The first-order valence-corrected chi connectivity index (χ1v) is 10.1. The summed E-state index contributed by atoms with van der Waals surface area (Å²) in [6.07, 6.45) is 2.11. The van der Waals surface area contributed by atoms with Gasteiger partial charge in [-0.1, -0.05) is 24.3 Å². The molecule has 1 aliphatic heterocycles. The van der Waals surface area contributed by atoms with E-state index in [-0.39, 0.29) is 5.91 Å². The summed E-state index contributed by atoms with van der Waals surface area (Å²) in [6.45, 7) is 5.07. The lowest BCUT2D eigenvalue weighted by Gasteiger charge is -2.34. The average molecular weight is 382 g/mol. The highest BCUT2D eigenvalue weighted by atomic mass is 16.5.